The van der Waals surface area contributed by atoms with E-state index in [-0.39, 0.29) is 12.7 Å². The van der Waals surface area contributed by atoms with Crippen molar-refractivity contribution < 1.29 is 23.8 Å². The van der Waals surface area contributed by atoms with Crippen LogP contribution < -0.4 is 5.32 Å². The highest BCUT2D eigenvalue weighted by Gasteiger charge is 2.53. The van der Waals surface area contributed by atoms with Gasteiger partial charge in [0.1, 0.15) is 11.1 Å². The zero-order valence-electron chi connectivity index (χ0n) is 14.4. The minimum absolute atomic E-state index is 0.0223. The fourth-order valence-electron chi connectivity index (χ4n) is 2.32. The number of nitrogens with one attached hydrogen (secondary N) is 1. The van der Waals surface area contributed by atoms with Crippen LogP contribution in [0.1, 0.15) is 60.3 Å². The van der Waals surface area contributed by atoms with Gasteiger partial charge in [-0.15, -0.1) is 0 Å². The highest BCUT2D eigenvalue weighted by molar-refractivity contribution is 5.87. The third kappa shape index (κ3) is 5.48. The smallest absolute Gasteiger partial charge is 0.408 e. The van der Waals surface area contributed by atoms with Crippen LogP contribution in [0.2, 0.25) is 0 Å². The summed E-state index contributed by atoms with van der Waals surface area (Å²) in [6.45, 7) is 10.1. The number of carbonyl (C=O) groups excluding carboxylic acids is 2. The van der Waals surface area contributed by atoms with Crippen LogP contribution in [0, 0.1) is 0 Å². The molecular formula is C16H29NO5. The molecule has 1 saturated carbocycles. The van der Waals surface area contributed by atoms with Crippen molar-refractivity contribution in [3.8, 4) is 0 Å². The second-order valence-corrected chi connectivity index (χ2v) is 6.68. The van der Waals surface area contributed by atoms with Gasteiger partial charge in [-0.2, -0.15) is 0 Å². The van der Waals surface area contributed by atoms with E-state index in [1.54, 1.807) is 27.7 Å². The van der Waals surface area contributed by atoms with Crippen molar-refractivity contribution in [1.82, 2.24) is 5.32 Å². The maximum absolute atomic E-state index is 12.2. The zero-order valence-corrected chi connectivity index (χ0v) is 14.4. The largest absolute Gasteiger partial charge is 0.464 e. The van der Waals surface area contributed by atoms with Gasteiger partial charge in [-0.3, -0.25) is 0 Å². The average Bonchev–Trinajstić information content (AvgIpc) is 2.33. The van der Waals surface area contributed by atoms with Gasteiger partial charge in [-0.05, 0) is 34.1 Å². The second kappa shape index (κ2) is 7.81. The fourth-order valence-corrected chi connectivity index (χ4v) is 2.32. The highest BCUT2D eigenvalue weighted by atomic mass is 16.6. The summed E-state index contributed by atoms with van der Waals surface area (Å²) in [5.41, 5.74) is -1.63. The summed E-state index contributed by atoms with van der Waals surface area (Å²) in [4.78, 5) is 24.1. The molecule has 0 bridgehead atoms. The first-order valence-electron chi connectivity index (χ1n) is 8.02. The normalized spacial score (nSPS) is 24.3. The molecule has 1 aliphatic carbocycles. The number of esters is 1. The molecule has 22 heavy (non-hydrogen) atoms. The first-order valence-corrected chi connectivity index (χ1v) is 8.02. The highest BCUT2D eigenvalue weighted by Crippen LogP contribution is 2.36. The van der Waals surface area contributed by atoms with Crippen LogP contribution >= 0.6 is 0 Å². The Balaban J connectivity index is 2.59. The van der Waals surface area contributed by atoms with Gasteiger partial charge >= 0.3 is 12.1 Å². The number of ether oxygens (including phenoxy) is 3. The predicted molar refractivity (Wildman–Crippen MR) is 82.6 cm³/mol. The van der Waals surface area contributed by atoms with Gasteiger partial charge in [0, 0.05) is 19.4 Å². The van der Waals surface area contributed by atoms with Crippen LogP contribution in [-0.4, -0.2) is 42.5 Å². The minimum atomic E-state index is -1.02. The fraction of sp³-hybridized carbons (Fsp3) is 0.875. The molecule has 0 saturated heterocycles. The molecule has 0 aromatic heterocycles. The van der Waals surface area contributed by atoms with Crippen molar-refractivity contribution >= 4 is 12.1 Å². The van der Waals surface area contributed by atoms with E-state index in [4.69, 9.17) is 14.2 Å². The van der Waals surface area contributed by atoms with Gasteiger partial charge in [0.25, 0.3) is 0 Å². The Labute approximate surface area is 132 Å². The maximum Gasteiger partial charge on any atom is 0.408 e. The van der Waals surface area contributed by atoms with Crippen LogP contribution in [-0.2, 0) is 19.0 Å². The molecule has 0 heterocycles. The van der Waals surface area contributed by atoms with E-state index in [2.05, 4.69) is 12.2 Å². The van der Waals surface area contributed by atoms with Crippen molar-refractivity contribution in [2.45, 2.75) is 77.5 Å². The van der Waals surface area contributed by atoms with Crippen molar-refractivity contribution in [2.75, 3.05) is 13.2 Å². The monoisotopic (exact) mass is 315 g/mol. The van der Waals surface area contributed by atoms with Crippen molar-refractivity contribution in [1.29, 1.82) is 0 Å². The Morgan fingerprint density at radius 2 is 1.86 bits per heavy atom. The van der Waals surface area contributed by atoms with Crippen molar-refractivity contribution in [3.05, 3.63) is 0 Å². The zero-order chi connectivity index (χ0) is 16.8. The van der Waals surface area contributed by atoms with E-state index in [1.165, 1.54) is 0 Å². The second-order valence-electron chi connectivity index (χ2n) is 6.68. The summed E-state index contributed by atoms with van der Waals surface area (Å²) in [5, 5.41) is 2.68. The van der Waals surface area contributed by atoms with Crippen molar-refractivity contribution in [2.24, 2.45) is 0 Å². The summed E-state index contributed by atoms with van der Waals surface area (Å²) in [5.74, 6) is -0.420. The Bertz CT molecular complexity index is 382. The molecule has 0 aromatic carbocycles. The van der Waals surface area contributed by atoms with Gasteiger partial charge in [-0.25, -0.2) is 9.59 Å². The first kappa shape index (κ1) is 18.7. The first-order chi connectivity index (χ1) is 10.2. The molecule has 0 spiro atoms. The predicted octanol–water partition coefficient (Wildman–Crippen LogP) is 2.79. The van der Waals surface area contributed by atoms with Gasteiger partial charge in [0.05, 0.1) is 12.7 Å². The number of unbranched alkanes of at least 4 members (excludes halogenated alkanes) is 1. The molecule has 1 fully saturated rings. The molecule has 0 atom stereocenters. The number of rotatable bonds is 7. The number of hydrogen-bond acceptors (Lipinski definition) is 5. The lowest BCUT2D eigenvalue weighted by Crippen LogP contribution is -2.65. The minimum Gasteiger partial charge on any atom is -0.464 e. The van der Waals surface area contributed by atoms with Gasteiger partial charge in [-0.1, -0.05) is 13.3 Å². The van der Waals surface area contributed by atoms with E-state index >= 15 is 0 Å². The summed E-state index contributed by atoms with van der Waals surface area (Å²) in [7, 11) is 0. The SMILES string of the molecule is CCCCOC1CC(NC(=O)OC(C)(C)C)(C(=O)OCC)C1. The van der Waals surface area contributed by atoms with Gasteiger partial charge in [0.15, 0.2) is 0 Å². The van der Waals surface area contributed by atoms with Crippen molar-refractivity contribution in [3.63, 3.8) is 0 Å². The van der Waals surface area contributed by atoms with E-state index in [0.29, 0.717) is 19.4 Å². The molecule has 6 heteroatoms. The van der Waals surface area contributed by atoms with Crippen LogP contribution in [0.4, 0.5) is 4.79 Å². The van der Waals surface area contributed by atoms with Crippen LogP contribution in [0.5, 0.6) is 0 Å². The van der Waals surface area contributed by atoms with E-state index in [1.807, 2.05) is 0 Å². The summed E-state index contributed by atoms with van der Waals surface area (Å²) in [6.07, 6.45) is 2.27. The molecule has 1 N–H and O–H groups in total. The number of carbonyl (C=O) groups is 2. The maximum atomic E-state index is 12.2. The van der Waals surface area contributed by atoms with E-state index < -0.39 is 23.2 Å². The summed E-state index contributed by atoms with van der Waals surface area (Å²) >= 11 is 0. The molecule has 0 unspecified atom stereocenters. The molecule has 6 nitrogen and oxygen atoms in total. The third-order valence-corrected chi connectivity index (χ3v) is 3.41. The van der Waals surface area contributed by atoms with E-state index in [0.717, 1.165) is 12.8 Å². The number of amides is 1. The Morgan fingerprint density at radius 3 is 2.36 bits per heavy atom. The molecule has 1 amide bonds. The number of hydrogen-bond donors (Lipinski definition) is 1. The van der Waals surface area contributed by atoms with Gasteiger partial charge < -0.3 is 19.5 Å². The average molecular weight is 315 g/mol. The lowest BCUT2D eigenvalue weighted by atomic mass is 9.74. The topological polar surface area (TPSA) is 73.9 Å². The summed E-state index contributed by atoms with van der Waals surface area (Å²) < 4.78 is 16.0. The number of alkyl carbamates (subject to hydrolysis) is 1. The molecule has 0 aromatic rings. The Morgan fingerprint density at radius 1 is 1.23 bits per heavy atom. The molecular weight excluding hydrogens is 286 g/mol. The van der Waals surface area contributed by atoms with Crippen LogP contribution in [0.15, 0.2) is 0 Å². The molecule has 1 aliphatic rings. The Kier molecular flexibility index (Phi) is 6.66. The lowest BCUT2D eigenvalue weighted by molar-refractivity contribution is -0.164. The lowest BCUT2D eigenvalue weighted by Gasteiger charge is -2.45. The summed E-state index contributed by atoms with van der Waals surface area (Å²) in [6, 6.07) is 0. The standard InChI is InChI=1S/C16H29NO5/c1-6-8-9-21-12-10-16(11-12,13(18)20-7-2)17-14(19)22-15(3,4)5/h12H,6-11H2,1-5H3,(H,17,19). The molecule has 0 aliphatic heterocycles. The van der Waals surface area contributed by atoms with Crippen LogP contribution in [0.3, 0.4) is 0 Å². The third-order valence-electron chi connectivity index (χ3n) is 3.41. The molecule has 1 rings (SSSR count). The van der Waals surface area contributed by atoms with E-state index in [9.17, 15) is 9.59 Å². The quantitative estimate of drug-likeness (QED) is 0.577. The molecule has 128 valence electrons. The Hall–Kier alpha value is -1.30. The van der Waals surface area contributed by atoms with Gasteiger partial charge in [0.2, 0.25) is 0 Å². The molecule has 0 radical (unpaired) electrons. The van der Waals surface area contributed by atoms with Crippen LogP contribution in [0.25, 0.3) is 0 Å².